The van der Waals surface area contributed by atoms with Crippen molar-refractivity contribution in [1.29, 1.82) is 0 Å². The summed E-state index contributed by atoms with van der Waals surface area (Å²) in [7, 11) is 1.51. The van der Waals surface area contributed by atoms with Crippen LogP contribution in [0.25, 0.3) is 0 Å². The molecule has 100 valence electrons. The minimum Gasteiger partial charge on any atom is -0.469 e. The maximum Gasteiger partial charge on any atom is 0.313 e. The van der Waals surface area contributed by atoms with Crippen LogP contribution in [-0.4, -0.2) is 13.1 Å². The second kappa shape index (κ2) is 4.56. The van der Waals surface area contributed by atoms with E-state index < -0.39 is 0 Å². The van der Waals surface area contributed by atoms with E-state index >= 15 is 0 Å². The fourth-order valence-corrected chi connectivity index (χ4v) is 3.76. The van der Waals surface area contributed by atoms with Gasteiger partial charge < -0.3 is 4.74 Å². The highest BCUT2D eigenvalue weighted by Gasteiger charge is 2.56. The number of hydrogen-bond acceptors (Lipinski definition) is 2. The third-order valence-electron chi connectivity index (χ3n) is 5.31. The number of rotatable bonds is 2. The zero-order chi connectivity index (χ0) is 13.4. The Morgan fingerprint density at radius 3 is 2.56 bits per heavy atom. The Labute approximate surface area is 110 Å². The second-order valence-corrected chi connectivity index (χ2v) is 6.12. The summed E-state index contributed by atoms with van der Waals surface area (Å²) in [6.07, 6.45) is 8.19. The Hall–Kier alpha value is -1.05. The number of methoxy groups -OCH3 is 1. The summed E-state index contributed by atoms with van der Waals surface area (Å²) in [4.78, 5) is 12.4. The molecule has 2 heteroatoms. The van der Waals surface area contributed by atoms with E-state index in [0.717, 1.165) is 38.5 Å². The SMILES string of the molecule is C=C1CCC[C@@]1(C)[C@]1(C(=O)OC)CC=C(C)CC1. The maximum absolute atomic E-state index is 12.4. The van der Waals surface area contributed by atoms with Gasteiger partial charge in [0.2, 0.25) is 0 Å². The fraction of sp³-hybridized carbons (Fsp3) is 0.688. The molecule has 2 atom stereocenters. The molecule has 0 unspecified atom stereocenters. The third kappa shape index (κ3) is 1.73. The average molecular weight is 248 g/mol. The Morgan fingerprint density at radius 2 is 2.11 bits per heavy atom. The Balaban J connectivity index is 2.43. The van der Waals surface area contributed by atoms with E-state index in [1.54, 1.807) is 0 Å². The van der Waals surface area contributed by atoms with E-state index in [2.05, 4.69) is 26.5 Å². The second-order valence-electron chi connectivity index (χ2n) is 6.12. The van der Waals surface area contributed by atoms with E-state index in [1.165, 1.54) is 18.3 Å². The minimum atomic E-state index is -0.380. The molecule has 0 aliphatic heterocycles. The molecule has 0 aromatic carbocycles. The lowest BCUT2D eigenvalue weighted by Gasteiger charge is -2.47. The Kier molecular flexibility index (Phi) is 3.39. The van der Waals surface area contributed by atoms with Crippen molar-refractivity contribution < 1.29 is 9.53 Å². The Bertz CT molecular complexity index is 407. The molecule has 1 fully saturated rings. The molecule has 2 rings (SSSR count). The molecule has 0 heterocycles. The summed E-state index contributed by atoms with van der Waals surface area (Å²) in [6.45, 7) is 8.60. The van der Waals surface area contributed by atoms with Crippen LogP contribution in [0.5, 0.6) is 0 Å². The van der Waals surface area contributed by atoms with Crippen LogP contribution in [0.15, 0.2) is 23.8 Å². The molecule has 1 saturated carbocycles. The number of carbonyl (C=O) groups is 1. The van der Waals surface area contributed by atoms with Gasteiger partial charge in [-0.05, 0) is 45.4 Å². The van der Waals surface area contributed by atoms with Crippen LogP contribution in [-0.2, 0) is 9.53 Å². The zero-order valence-corrected chi connectivity index (χ0v) is 11.8. The number of carbonyl (C=O) groups excluding carboxylic acids is 1. The van der Waals surface area contributed by atoms with E-state index in [9.17, 15) is 4.79 Å². The summed E-state index contributed by atoms with van der Waals surface area (Å²) >= 11 is 0. The molecule has 18 heavy (non-hydrogen) atoms. The van der Waals surface area contributed by atoms with Crippen LogP contribution < -0.4 is 0 Å². The molecule has 0 aromatic rings. The molecule has 0 spiro atoms. The zero-order valence-electron chi connectivity index (χ0n) is 11.8. The molecular weight excluding hydrogens is 224 g/mol. The summed E-state index contributed by atoms with van der Waals surface area (Å²) in [6, 6.07) is 0. The van der Waals surface area contributed by atoms with Gasteiger partial charge in [0.05, 0.1) is 12.5 Å². The molecule has 2 aliphatic carbocycles. The van der Waals surface area contributed by atoms with E-state index in [1.807, 2.05) is 0 Å². The van der Waals surface area contributed by atoms with Crippen molar-refractivity contribution in [3.05, 3.63) is 23.8 Å². The predicted octanol–water partition coefficient (Wildman–Crippen LogP) is 4.02. The third-order valence-corrected chi connectivity index (χ3v) is 5.31. The van der Waals surface area contributed by atoms with Gasteiger partial charge in [0.25, 0.3) is 0 Å². The van der Waals surface area contributed by atoms with Gasteiger partial charge in [-0.15, -0.1) is 0 Å². The first-order chi connectivity index (χ1) is 8.46. The Morgan fingerprint density at radius 1 is 1.39 bits per heavy atom. The van der Waals surface area contributed by atoms with Crippen LogP contribution in [0.3, 0.4) is 0 Å². The van der Waals surface area contributed by atoms with Crippen molar-refractivity contribution in [3.63, 3.8) is 0 Å². The monoisotopic (exact) mass is 248 g/mol. The average Bonchev–Trinajstić information content (AvgIpc) is 2.71. The first-order valence-electron chi connectivity index (χ1n) is 6.88. The van der Waals surface area contributed by atoms with Gasteiger partial charge in [-0.3, -0.25) is 4.79 Å². The summed E-state index contributed by atoms with van der Waals surface area (Å²) in [5.41, 5.74) is 2.16. The molecule has 2 aliphatic rings. The molecule has 0 amide bonds. The molecule has 0 N–H and O–H groups in total. The first kappa shape index (κ1) is 13.4. The van der Waals surface area contributed by atoms with E-state index in [0.29, 0.717) is 0 Å². The molecule has 0 saturated heterocycles. The first-order valence-corrected chi connectivity index (χ1v) is 6.88. The van der Waals surface area contributed by atoms with Crippen LogP contribution in [0.2, 0.25) is 0 Å². The largest absolute Gasteiger partial charge is 0.469 e. The maximum atomic E-state index is 12.4. The lowest BCUT2D eigenvalue weighted by atomic mass is 9.56. The molecule has 0 aromatic heterocycles. The quantitative estimate of drug-likeness (QED) is 0.545. The predicted molar refractivity (Wildman–Crippen MR) is 73.2 cm³/mol. The van der Waals surface area contributed by atoms with Crippen molar-refractivity contribution in [2.45, 2.75) is 52.4 Å². The molecule has 0 bridgehead atoms. The van der Waals surface area contributed by atoms with E-state index in [-0.39, 0.29) is 16.8 Å². The number of allylic oxidation sites excluding steroid dienone is 3. The highest BCUT2D eigenvalue weighted by atomic mass is 16.5. The van der Waals surface area contributed by atoms with Crippen LogP contribution >= 0.6 is 0 Å². The smallest absolute Gasteiger partial charge is 0.313 e. The van der Waals surface area contributed by atoms with Crippen LogP contribution in [0.4, 0.5) is 0 Å². The highest BCUT2D eigenvalue weighted by molar-refractivity contribution is 5.79. The van der Waals surface area contributed by atoms with Gasteiger partial charge in [-0.25, -0.2) is 0 Å². The van der Waals surface area contributed by atoms with E-state index in [4.69, 9.17) is 4.74 Å². The lowest BCUT2D eigenvalue weighted by Crippen LogP contribution is -2.47. The van der Waals surface area contributed by atoms with Gasteiger partial charge in [0, 0.05) is 5.41 Å². The number of esters is 1. The van der Waals surface area contributed by atoms with Crippen molar-refractivity contribution >= 4 is 5.97 Å². The molecular formula is C16H24O2. The van der Waals surface area contributed by atoms with Crippen molar-refractivity contribution in [2.24, 2.45) is 10.8 Å². The van der Waals surface area contributed by atoms with Gasteiger partial charge >= 0.3 is 5.97 Å². The fourth-order valence-electron chi connectivity index (χ4n) is 3.76. The highest BCUT2D eigenvalue weighted by Crippen LogP contribution is 2.59. The van der Waals surface area contributed by atoms with Crippen molar-refractivity contribution in [2.75, 3.05) is 7.11 Å². The number of ether oxygens (including phenoxy) is 1. The normalized spacial score (nSPS) is 36.4. The van der Waals surface area contributed by atoms with Gasteiger partial charge in [-0.1, -0.05) is 30.7 Å². The van der Waals surface area contributed by atoms with Gasteiger partial charge in [0.15, 0.2) is 0 Å². The molecule has 0 radical (unpaired) electrons. The lowest BCUT2D eigenvalue weighted by molar-refractivity contribution is -0.160. The summed E-state index contributed by atoms with van der Waals surface area (Å²) < 4.78 is 5.14. The topological polar surface area (TPSA) is 26.3 Å². The summed E-state index contributed by atoms with van der Waals surface area (Å²) in [5, 5.41) is 0. The van der Waals surface area contributed by atoms with Crippen molar-refractivity contribution in [1.82, 2.24) is 0 Å². The van der Waals surface area contributed by atoms with Crippen LogP contribution in [0, 0.1) is 10.8 Å². The van der Waals surface area contributed by atoms with Crippen molar-refractivity contribution in [3.8, 4) is 0 Å². The minimum absolute atomic E-state index is 0.0446. The number of hydrogen-bond donors (Lipinski definition) is 0. The summed E-state index contributed by atoms with van der Waals surface area (Å²) in [5.74, 6) is -0.0446. The van der Waals surface area contributed by atoms with Gasteiger partial charge in [0.1, 0.15) is 0 Å². The van der Waals surface area contributed by atoms with Crippen LogP contribution in [0.1, 0.15) is 52.4 Å². The van der Waals surface area contributed by atoms with Gasteiger partial charge in [-0.2, -0.15) is 0 Å². The standard InChI is InChI=1S/C16H24O2/c1-12-7-10-16(11-8-12,14(17)18-4)15(3)9-5-6-13(15)2/h7H,2,5-6,8-11H2,1,3-4H3/t15-,16-/m1/s1. The molecule has 2 nitrogen and oxygen atoms in total.